The minimum atomic E-state index is -0.479. The third kappa shape index (κ3) is 6.60. The predicted octanol–water partition coefficient (Wildman–Crippen LogP) is 3.66. The monoisotopic (exact) mass is 431 g/mol. The molecule has 8 heteroatoms. The van der Waals surface area contributed by atoms with E-state index in [0.29, 0.717) is 19.0 Å². The molecular weight excluding hydrogens is 397 g/mol. The normalized spacial score (nSPS) is 17.6. The summed E-state index contributed by atoms with van der Waals surface area (Å²) in [5.41, 5.74) is 1.47. The lowest BCUT2D eigenvalue weighted by Crippen LogP contribution is -2.47. The van der Waals surface area contributed by atoms with Crippen molar-refractivity contribution in [1.29, 1.82) is 0 Å². The Labute approximate surface area is 183 Å². The highest BCUT2D eigenvalue weighted by atomic mass is 19.1. The molecule has 1 aliphatic heterocycles. The Hall–Kier alpha value is -2.77. The molecule has 2 heterocycles. The van der Waals surface area contributed by atoms with Gasteiger partial charge in [-0.3, -0.25) is 4.99 Å². The number of halogens is 1. The largest absolute Gasteiger partial charge is 0.444 e. The fraction of sp³-hybridized carbons (Fsp3) is 0.565. The summed E-state index contributed by atoms with van der Waals surface area (Å²) in [5.74, 6) is 0.847. The molecule has 0 saturated carbocycles. The van der Waals surface area contributed by atoms with Gasteiger partial charge in [-0.15, -0.1) is 0 Å². The maximum absolute atomic E-state index is 13.3. The molecule has 0 bridgehead atoms. The van der Waals surface area contributed by atoms with Crippen LogP contribution in [0.1, 0.15) is 39.2 Å². The van der Waals surface area contributed by atoms with Gasteiger partial charge in [-0.05, 0) is 69.7 Å². The van der Waals surface area contributed by atoms with Gasteiger partial charge in [-0.1, -0.05) is 0 Å². The van der Waals surface area contributed by atoms with Crippen molar-refractivity contribution in [2.24, 2.45) is 10.9 Å². The number of piperidine rings is 1. The van der Waals surface area contributed by atoms with E-state index in [4.69, 9.17) is 4.74 Å². The zero-order valence-electron chi connectivity index (χ0n) is 18.9. The molecule has 0 aliphatic carbocycles. The van der Waals surface area contributed by atoms with Crippen LogP contribution in [0.15, 0.2) is 29.4 Å². The molecule has 1 aromatic carbocycles. The number of hydrogen-bond donors (Lipinski definition) is 3. The van der Waals surface area contributed by atoms with Crippen LogP contribution >= 0.6 is 0 Å². The van der Waals surface area contributed by atoms with Crippen LogP contribution in [0.3, 0.4) is 0 Å². The van der Waals surface area contributed by atoms with Crippen molar-refractivity contribution in [3.63, 3.8) is 0 Å². The van der Waals surface area contributed by atoms with Crippen molar-refractivity contribution in [3.8, 4) is 0 Å². The number of fused-ring (bicyclic) bond motifs is 1. The number of carbonyl (C=O) groups is 1. The molecule has 1 unspecified atom stereocenters. The number of aromatic nitrogens is 1. The second-order valence-corrected chi connectivity index (χ2v) is 9.07. The zero-order valence-corrected chi connectivity index (χ0v) is 18.9. The third-order valence-electron chi connectivity index (χ3n) is 5.37. The van der Waals surface area contributed by atoms with Gasteiger partial charge < -0.3 is 25.3 Å². The fourth-order valence-corrected chi connectivity index (χ4v) is 3.87. The number of aromatic amines is 1. The first kappa shape index (κ1) is 22.9. The number of likely N-dealkylation sites (tertiary alicyclic amines) is 1. The molecule has 3 N–H and O–H groups in total. The smallest absolute Gasteiger partial charge is 0.410 e. The molecule has 3 rings (SSSR count). The average Bonchev–Trinajstić information content (AvgIpc) is 3.11. The van der Waals surface area contributed by atoms with E-state index in [1.807, 2.05) is 33.0 Å². The Bertz CT molecular complexity index is 918. The average molecular weight is 432 g/mol. The Kier molecular flexibility index (Phi) is 7.41. The number of hydrogen-bond acceptors (Lipinski definition) is 3. The zero-order chi connectivity index (χ0) is 22.4. The molecule has 1 amide bonds. The summed E-state index contributed by atoms with van der Waals surface area (Å²) in [6.45, 7) is 8.54. The molecule has 170 valence electrons. The lowest BCUT2D eigenvalue weighted by molar-refractivity contribution is 0.0168. The molecule has 0 radical (unpaired) electrons. The number of nitrogens with one attached hydrogen (secondary N) is 3. The minimum Gasteiger partial charge on any atom is -0.444 e. The predicted molar refractivity (Wildman–Crippen MR) is 122 cm³/mol. The summed E-state index contributed by atoms with van der Waals surface area (Å²) < 4.78 is 18.8. The number of amides is 1. The summed E-state index contributed by atoms with van der Waals surface area (Å²) in [6, 6.07) is 4.80. The molecule has 1 aromatic heterocycles. The van der Waals surface area contributed by atoms with Crippen LogP contribution in [-0.2, 0) is 11.2 Å². The first-order valence-corrected chi connectivity index (χ1v) is 10.9. The molecule has 7 nitrogen and oxygen atoms in total. The van der Waals surface area contributed by atoms with Crippen LogP contribution in [0.25, 0.3) is 10.9 Å². The standard InChI is InChI=1S/C23H34FN5O2/c1-23(2,3)31-22(30)29-11-5-6-16(15-29)13-28-21(25-4)26-10-9-17-14-27-20-12-18(24)7-8-19(17)20/h7-8,12,14,16,27H,5-6,9-11,13,15H2,1-4H3,(H2,25,26,28). The lowest BCUT2D eigenvalue weighted by Gasteiger charge is -2.34. The number of guanidine groups is 1. The van der Waals surface area contributed by atoms with Gasteiger partial charge in [0.25, 0.3) is 0 Å². The number of H-pyrrole nitrogens is 1. The summed E-state index contributed by atoms with van der Waals surface area (Å²) in [5, 5.41) is 7.75. The lowest BCUT2D eigenvalue weighted by atomic mass is 9.98. The van der Waals surface area contributed by atoms with Crippen molar-refractivity contribution >= 4 is 23.0 Å². The van der Waals surface area contributed by atoms with Crippen LogP contribution < -0.4 is 10.6 Å². The second-order valence-electron chi connectivity index (χ2n) is 9.07. The fourth-order valence-electron chi connectivity index (χ4n) is 3.87. The van der Waals surface area contributed by atoms with Crippen molar-refractivity contribution in [1.82, 2.24) is 20.5 Å². The summed E-state index contributed by atoms with van der Waals surface area (Å²) in [7, 11) is 1.75. The van der Waals surface area contributed by atoms with E-state index in [9.17, 15) is 9.18 Å². The number of benzene rings is 1. The van der Waals surface area contributed by atoms with Crippen LogP contribution in [0.4, 0.5) is 9.18 Å². The Morgan fingerprint density at radius 1 is 1.35 bits per heavy atom. The quantitative estimate of drug-likeness (QED) is 0.498. The number of carbonyl (C=O) groups excluding carboxylic acids is 1. The number of nitrogens with zero attached hydrogens (tertiary/aromatic N) is 2. The number of rotatable bonds is 5. The van der Waals surface area contributed by atoms with Gasteiger partial charge in [-0.25, -0.2) is 9.18 Å². The van der Waals surface area contributed by atoms with Gasteiger partial charge in [0.05, 0.1) is 0 Å². The van der Waals surface area contributed by atoms with Crippen molar-refractivity contribution < 1.29 is 13.9 Å². The summed E-state index contributed by atoms with van der Waals surface area (Å²) in [6.07, 6.45) is 4.52. The number of ether oxygens (including phenoxy) is 1. The first-order valence-electron chi connectivity index (χ1n) is 10.9. The van der Waals surface area contributed by atoms with Crippen LogP contribution in [0, 0.1) is 11.7 Å². The van der Waals surface area contributed by atoms with Crippen molar-refractivity contribution in [2.45, 2.75) is 45.6 Å². The van der Waals surface area contributed by atoms with Crippen LogP contribution in [0.2, 0.25) is 0 Å². The van der Waals surface area contributed by atoms with Gasteiger partial charge in [-0.2, -0.15) is 0 Å². The molecule has 0 spiro atoms. The van der Waals surface area contributed by atoms with Gasteiger partial charge in [0, 0.05) is 50.3 Å². The van der Waals surface area contributed by atoms with Gasteiger partial charge in [0.2, 0.25) is 0 Å². The van der Waals surface area contributed by atoms with Gasteiger partial charge in [0.1, 0.15) is 11.4 Å². The van der Waals surface area contributed by atoms with E-state index in [1.54, 1.807) is 11.9 Å². The molecule has 1 saturated heterocycles. The topological polar surface area (TPSA) is 81.8 Å². The molecule has 2 aromatic rings. The number of aliphatic imine (C=N–C) groups is 1. The minimum absolute atomic E-state index is 0.238. The van der Waals surface area contributed by atoms with E-state index < -0.39 is 5.60 Å². The highest BCUT2D eigenvalue weighted by Crippen LogP contribution is 2.20. The van der Waals surface area contributed by atoms with Crippen molar-refractivity contribution in [2.75, 3.05) is 33.2 Å². The van der Waals surface area contributed by atoms with E-state index in [2.05, 4.69) is 20.6 Å². The molecule has 31 heavy (non-hydrogen) atoms. The van der Waals surface area contributed by atoms with E-state index in [-0.39, 0.29) is 11.9 Å². The summed E-state index contributed by atoms with van der Waals surface area (Å²) in [4.78, 5) is 21.6. The van der Waals surface area contributed by atoms with Crippen LogP contribution in [-0.4, -0.2) is 60.8 Å². The second kappa shape index (κ2) is 10.0. The molecule has 1 aliphatic rings. The van der Waals surface area contributed by atoms with Crippen LogP contribution in [0.5, 0.6) is 0 Å². The third-order valence-corrected chi connectivity index (χ3v) is 5.37. The highest BCUT2D eigenvalue weighted by Gasteiger charge is 2.27. The Morgan fingerprint density at radius 3 is 2.90 bits per heavy atom. The van der Waals surface area contributed by atoms with E-state index >= 15 is 0 Å². The molecule has 1 fully saturated rings. The van der Waals surface area contributed by atoms with Gasteiger partial charge >= 0.3 is 6.09 Å². The van der Waals surface area contributed by atoms with E-state index in [0.717, 1.165) is 54.8 Å². The molecular formula is C23H34FN5O2. The molecule has 1 atom stereocenters. The Balaban J connectivity index is 1.44. The van der Waals surface area contributed by atoms with E-state index in [1.165, 1.54) is 12.1 Å². The summed E-state index contributed by atoms with van der Waals surface area (Å²) >= 11 is 0. The highest BCUT2D eigenvalue weighted by molar-refractivity contribution is 5.83. The van der Waals surface area contributed by atoms with Gasteiger partial charge in [0.15, 0.2) is 5.96 Å². The maximum atomic E-state index is 13.3. The first-order chi connectivity index (χ1) is 14.7. The Morgan fingerprint density at radius 2 is 2.16 bits per heavy atom. The van der Waals surface area contributed by atoms with Crippen molar-refractivity contribution in [3.05, 3.63) is 35.8 Å². The maximum Gasteiger partial charge on any atom is 0.410 e. The SMILES string of the molecule is CN=C(NCCc1c[nH]c2cc(F)ccc12)NCC1CCCN(C(=O)OC(C)(C)C)C1.